The Hall–Kier alpha value is -3.38. The number of aromatic amines is 1. The summed E-state index contributed by atoms with van der Waals surface area (Å²) >= 11 is 1.36. The van der Waals surface area contributed by atoms with Crippen molar-refractivity contribution >= 4 is 29.7 Å². The molecule has 3 rings (SSSR count). The van der Waals surface area contributed by atoms with E-state index in [0.717, 1.165) is 15.5 Å². The number of H-pyrrole nitrogens is 1. The van der Waals surface area contributed by atoms with Gasteiger partial charge in [-0.15, -0.1) is 11.8 Å². The third-order valence-electron chi connectivity index (χ3n) is 4.51. The number of hydrogen-bond acceptors (Lipinski definition) is 10. The molecule has 0 unspecified atom stereocenters. The number of ether oxygens (including phenoxy) is 4. The summed E-state index contributed by atoms with van der Waals surface area (Å²) in [4.78, 5) is 61.2. The lowest BCUT2D eigenvalue weighted by atomic mass is 10.1. The van der Waals surface area contributed by atoms with Crippen LogP contribution in [0.3, 0.4) is 0 Å². The molecule has 1 aromatic heterocycles. The highest BCUT2D eigenvalue weighted by Gasteiger charge is 2.50. The van der Waals surface area contributed by atoms with Gasteiger partial charge in [0.15, 0.2) is 18.4 Å². The van der Waals surface area contributed by atoms with Crippen LogP contribution < -0.4 is 16.0 Å². The van der Waals surface area contributed by atoms with E-state index < -0.39 is 53.7 Å². The summed E-state index contributed by atoms with van der Waals surface area (Å²) in [7, 11) is 0. The third-order valence-corrected chi connectivity index (χ3v) is 5.62. The average Bonchev–Trinajstić information content (AvgIpc) is 3.03. The Kier molecular flexibility index (Phi) is 7.71. The maximum atomic E-state index is 12.3. The van der Waals surface area contributed by atoms with Gasteiger partial charge in [-0.2, -0.15) is 0 Å². The molecule has 1 fully saturated rings. The first-order valence-electron chi connectivity index (χ1n) is 9.86. The van der Waals surface area contributed by atoms with E-state index in [1.165, 1.54) is 38.7 Å². The molecule has 0 aliphatic carbocycles. The second-order valence-corrected chi connectivity index (χ2v) is 8.20. The highest BCUT2D eigenvalue weighted by Crippen LogP contribution is 2.36. The van der Waals surface area contributed by atoms with Gasteiger partial charge >= 0.3 is 23.6 Å². The predicted molar refractivity (Wildman–Crippen MR) is 115 cm³/mol. The molecule has 33 heavy (non-hydrogen) atoms. The highest BCUT2D eigenvalue weighted by molar-refractivity contribution is 7.99. The van der Waals surface area contributed by atoms with E-state index >= 15 is 0 Å². The summed E-state index contributed by atoms with van der Waals surface area (Å²) in [6, 6.07) is 7.88. The number of esters is 3. The van der Waals surface area contributed by atoms with Gasteiger partial charge in [0.1, 0.15) is 11.9 Å². The van der Waals surface area contributed by atoms with Crippen LogP contribution in [0, 0.1) is 0 Å². The van der Waals surface area contributed by atoms with Gasteiger partial charge in [-0.25, -0.2) is 4.79 Å². The number of nitrogens with one attached hydrogen (secondary N) is 1. The number of thioether (sulfide) groups is 1. The topological polar surface area (TPSA) is 143 Å². The Morgan fingerprint density at radius 1 is 0.970 bits per heavy atom. The molecule has 2 aromatic rings. The van der Waals surface area contributed by atoms with Gasteiger partial charge < -0.3 is 18.9 Å². The first kappa shape index (κ1) is 24.3. The molecule has 12 heteroatoms. The van der Waals surface area contributed by atoms with Crippen LogP contribution in [-0.4, -0.2) is 51.5 Å². The molecule has 0 radical (unpaired) electrons. The highest BCUT2D eigenvalue weighted by atomic mass is 32.2. The maximum absolute atomic E-state index is 12.3. The maximum Gasteiger partial charge on any atom is 0.330 e. The summed E-state index contributed by atoms with van der Waals surface area (Å²) in [6.07, 6.45) is -2.77. The fraction of sp³-hybridized carbons (Fsp3) is 0.381. The van der Waals surface area contributed by atoms with Crippen LogP contribution in [0.5, 0.6) is 5.75 Å². The zero-order valence-corrected chi connectivity index (χ0v) is 18.8. The van der Waals surface area contributed by atoms with E-state index in [1.54, 1.807) is 24.3 Å². The van der Waals surface area contributed by atoms with Crippen molar-refractivity contribution in [2.75, 3.05) is 5.75 Å². The monoisotopic (exact) mass is 478 g/mol. The van der Waals surface area contributed by atoms with E-state index in [2.05, 4.69) is 4.98 Å². The van der Waals surface area contributed by atoms with Crippen molar-refractivity contribution in [1.82, 2.24) is 9.55 Å². The van der Waals surface area contributed by atoms with E-state index in [1.807, 2.05) is 0 Å². The molecule has 2 heterocycles. The number of hydrogen-bond donors (Lipinski definition) is 1. The first-order valence-corrected chi connectivity index (χ1v) is 10.8. The van der Waals surface area contributed by atoms with Crippen molar-refractivity contribution in [1.29, 1.82) is 0 Å². The van der Waals surface area contributed by atoms with Gasteiger partial charge in [0.05, 0.1) is 0 Å². The number of carbonyl (C=O) groups is 3. The van der Waals surface area contributed by atoms with Crippen molar-refractivity contribution in [2.24, 2.45) is 0 Å². The average molecular weight is 478 g/mol. The second-order valence-electron chi connectivity index (χ2n) is 7.11. The van der Waals surface area contributed by atoms with Crippen molar-refractivity contribution in [3.05, 3.63) is 57.4 Å². The molecular weight excluding hydrogens is 456 g/mol. The van der Waals surface area contributed by atoms with E-state index in [9.17, 15) is 24.0 Å². The number of nitrogens with zero attached hydrogens (tertiary/aromatic N) is 1. The van der Waals surface area contributed by atoms with E-state index in [4.69, 9.17) is 18.9 Å². The largest absolute Gasteiger partial charge is 0.456 e. The first-order chi connectivity index (χ1) is 15.6. The van der Waals surface area contributed by atoms with Gasteiger partial charge in [-0.1, -0.05) is 0 Å². The summed E-state index contributed by atoms with van der Waals surface area (Å²) in [5.74, 6) is -1.03. The Morgan fingerprint density at radius 3 is 2.18 bits per heavy atom. The Bertz CT molecular complexity index is 1140. The Labute approximate surface area is 192 Å². The molecule has 1 aliphatic rings. The lowest BCUT2D eigenvalue weighted by Gasteiger charge is -2.23. The molecule has 1 N–H and O–H groups in total. The molecule has 0 saturated carbocycles. The molecule has 1 aliphatic heterocycles. The fourth-order valence-electron chi connectivity index (χ4n) is 3.29. The van der Waals surface area contributed by atoms with Crippen molar-refractivity contribution < 1.29 is 33.3 Å². The molecular formula is C21H22N2O9S. The molecule has 0 spiro atoms. The zero-order chi connectivity index (χ0) is 24.1. The van der Waals surface area contributed by atoms with Gasteiger partial charge in [0.2, 0.25) is 0 Å². The molecule has 0 amide bonds. The summed E-state index contributed by atoms with van der Waals surface area (Å²) in [6.45, 7) is 3.70. The summed E-state index contributed by atoms with van der Waals surface area (Å²) < 4.78 is 22.8. The van der Waals surface area contributed by atoms with Crippen molar-refractivity contribution in [2.45, 2.75) is 50.2 Å². The van der Waals surface area contributed by atoms with Gasteiger partial charge in [-0.3, -0.25) is 28.7 Å². The lowest BCUT2D eigenvalue weighted by molar-refractivity contribution is -0.165. The number of carbonyl (C=O) groups excluding carboxylic acids is 3. The zero-order valence-electron chi connectivity index (χ0n) is 18.0. The molecule has 11 nitrogen and oxygen atoms in total. The number of rotatable bonds is 7. The van der Waals surface area contributed by atoms with Crippen LogP contribution in [0.4, 0.5) is 0 Å². The Morgan fingerprint density at radius 2 is 1.61 bits per heavy atom. The minimum absolute atomic E-state index is 0.275. The lowest BCUT2D eigenvalue weighted by Crippen LogP contribution is -2.42. The van der Waals surface area contributed by atoms with Gasteiger partial charge in [-0.05, 0) is 24.3 Å². The smallest absolute Gasteiger partial charge is 0.330 e. The van der Waals surface area contributed by atoms with E-state index in [-0.39, 0.29) is 5.75 Å². The number of benzene rings is 1. The van der Waals surface area contributed by atoms with Crippen LogP contribution in [0.2, 0.25) is 0 Å². The van der Waals surface area contributed by atoms with Crippen molar-refractivity contribution in [3.8, 4) is 5.75 Å². The predicted octanol–water partition coefficient (Wildman–Crippen LogP) is 1.01. The van der Waals surface area contributed by atoms with E-state index in [0.29, 0.717) is 5.75 Å². The third kappa shape index (κ3) is 6.33. The quantitative estimate of drug-likeness (QED) is 0.348. The fourth-order valence-corrected chi connectivity index (χ4v) is 4.25. The molecule has 176 valence electrons. The molecule has 0 bridgehead atoms. The van der Waals surface area contributed by atoms with Crippen LogP contribution in [0.15, 0.2) is 51.0 Å². The van der Waals surface area contributed by atoms with Gasteiger partial charge in [0, 0.05) is 43.7 Å². The molecule has 1 saturated heterocycles. The minimum Gasteiger partial charge on any atom is -0.456 e. The summed E-state index contributed by atoms with van der Waals surface area (Å²) in [5.41, 5.74) is -1.36. The van der Waals surface area contributed by atoms with Crippen LogP contribution in [0.1, 0.15) is 27.0 Å². The number of aromatic nitrogens is 2. The minimum atomic E-state index is -1.13. The molecule has 4 atom stereocenters. The standard InChI is InChI=1S/C21H22N2O9S/c1-11(24)29-14-4-6-15(7-5-14)33-10-16-18(30-12(2)25)19(31-13(3)26)20(32-16)23-9-8-17(27)22-21(23)28/h4-9,16,18-20H,10H2,1-3H3,(H,22,27,28)/t16-,18-,19-,20-/m1/s1. The van der Waals surface area contributed by atoms with Crippen LogP contribution in [0.25, 0.3) is 0 Å². The normalized spacial score (nSPS) is 21.9. The van der Waals surface area contributed by atoms with Gasteiger partial charge in [0.25, 0.3) is 5.56 Å². The van der Waals surface area contributed by atoms with Crippen LogP contribution in [-0.2, 0) is 28.6 Å². The van der Waals surface area contributed by atoms with Crippen LogP contribution >= 0.6 is 11.8 Å². The van der Waals surface area contributed by atoms with Crippen molar-refractivity contribution in [3.63, 3.8) is 0 Å². The second kappa shape index (κ2) is 10.5. The summed E-state index contributed by atoms with van der Waals surface area (Å²) in [5, 5.41) is 0. The molecule has 1 aromatic carbocycles. The SMILES string of the molecule is CC(=O)Oc1ccc(SC[C@H]2O[C@@H](n3ccc(=O)[nH]c3=O)[C@H](OC(C)=O)[C@@H]2OC(C)=O)cc1. The Balaban J connectivity index is 1.84.